The molecule has 2 aromatic carbocycles. The van der Waals surface area contributed by atoms with Crippen LogP contribution in [0, 0.1) is 6.92 Å². The summed E-state index contributed by atoms with van der Waals surface area (Å²) in [4.78, 5) is 15.0. The van der Waals surface area contributed by atoms with E-state index in [1.807, 2.05) is 42.5 Å². The molecule has 0 aliphatic heterocycles. The molecule has 1 N–H and O–H groups in total. The summed E-state index contributed by atoms with van der Waals surface area (Å²) in [6, 6.07) is 18.7. The summed E-state index contributed by atoms with van der Waals surface area (Å²) in [5.74, 6) is 0.706. The van der Waals surface area contributed by atoms with Crippen LogP contribution in [0.1, 0.15) is 21.5 Å². The normalized spacial score (nSPS) is 10.3. The highest BCUT2D eigenvalue weighted by atomic mass is 16.5. The number of ether oxygens (including phenoxy) is 2. The average molecular weight is 335 g/mol. The molecule has 0 amide bonds. The second-order valence-corrected chi connectivity index (χ2v) is 5.50. The van der Waals surface area contributed by atoms with Gasteiger partial charge < -0.3 is 14.6 Å². The third-order valence-corrected chi connectivity index (χ3v) is 3.56. The summed E-state index contributed by atoms with van der Waals surface area (Å²) in [5.41, 5.74) is 1.89. The minimum absolute atomic E-state index is 0.134. The number of nitrogens with zero attached hydrogens (tertiary/aromatic N) is 1. The van der Waals surface area contributed by atoms with Gasteiger partial charge >= 0.3 is 5.97 Å². The van der Waals surface area contributed by atoms with Crippen molar-refractivity contribution in [2.24, 2.45) is 0 Å². The fraction of sp³-hybridized carbons (Fsp3) is 0.100. The first-order chi connectivity index (χ1) is 12.1. The Morgan fingerprint density at radius 3 is 2.36 bits per heavy atom. The highest BCUT2D eigenvalue weighted by Gasteiger charge is 2.09. The molecule has 0 unspecified atom stereocenters. The van der Waals surface area contributed by atoms with Crippen molar-refractivity contribution >= 4 is 5.97 Å². The molecule has 0 fully saturated rings. The van der Waals surface area contributed by atoms with Crippen molar-refractivity contribution in [3.05, 3.63) is 83.6 Å². The van der Waals surface area contributed by atoms with Gasteiger partial charge in [0.25, 0.3) is 0 Å². The number of carboxylic acids is 1. The Bertz CT molecular complexity index is 861. The first kappa shape index (κ1) is 16.5. The molecule has 0 bridgehead atoms. The van der Waals surface area contributed by atoms with Crippen molar-refractivity contribution in [1.29, 1.82) is 0 Å². The quantitative estimate of drug-likeness (QED) is 0.720. The molecular formula is C20H17NO4. The van der Waals surface area contributed by atoms with E-state index in [9.17, 15) is 4.79 Å². The first-order valence-electron chi connectivity index (χ1n) is 7.76. The SMILES string of the molecule is Cc1cc(C(=O)O)cnc1Oc1ccc(OCc2ccccc2)cc1. The van der Waals surface area contributed by atoms with E-state index < -0.39 is 5.97 Å². The molecule has 5 heteroatoms. The lowest BCUT2D eigenvalue weighted by atomic mass is 10.2. The van der Waals surface area contributed by atoms with Crippen molar-refractivity contribution < 1.29 is 19.4 Å². The number of carboxylic acid groups (broad SMARTS) is 1. The van der Waals surface area contributed by atoms with Gasteiger partial charge in [-0.1, -0.05) is 30.3 Å². The molecular weight excluding hydrogens is 318 g/mol. The number of aromatic nitrogens is 1. The predicted octanol–water partition coefficient (Wildman–Crippen LogP) is 4.46. The van der Waals surface area contributed by atoms with E-state index in [1.54, 1.807) is 19.1 Å². The number of aromatic carboxylic acids is 1. The fourth-order valence-corrected chi connectivity index (χ4v) is 2.24. The van der Waals surface area contributed by atoms with E-state index in [1.165, 1.54) is 12.3 Å². The summed E-state index contributed by atoms with van der Waals surface area (Å²) in [6.07, 6.45) is 1.28. The summed E-state index contributed by atoms with van der Waals surface area (Å²) >= 11 is 0. The minimum atomic E-state index is -1.01. The second kappa shape index (κ2) is 7.49. The van der Waals surface area contributed by atoms with Crippen molar-refractivity contribution in [1.82, 2.24) is 4.98 Å². The molecule has 0 saturated carbocycles. The number of carbonyl (C=O) groups is 1. The Kier molecular flexibility index (Phi) is 4.95. The van der Waals surface area contributed by atoms with Crippen LogP contribution in [0.5, 0.6) is 17.4 Å². The van der Waals surface area contributed by atoms with Crippen LogP contribution in [0.4, 0.5) is 0 Å². The zero-order valence-corrected chi connectivity index (χ0v) is 13.7. The lowest BCUT2D eigenvalue weighted by Gasteiger charge is -2.10. The number of pyridine rings is 1. The average Bonchev–Trinajstić information content (AvgIpc) is 2.63. The van der Waals surface area contributed by atoms with E-state index in [0.29, 0.717) is 23.8 Å². The Balaban J connectivity index is 1.63. The molecule has 0 aliphatic rings. The Hall–Kier alpha value is -3.34. The summed E-state index contributed by atoms with van der Waals surface area (Å²) in [6.45, 7) is 2.25. The molecule has 5 nitrogen and oxygen atoms in total. The zero-order chi connectivity index (χ0) is 17.6. The topological polar surface area (TPSA) is 68.7 Å². The maximum atomic E-state index is 10.9. The molecule has 0 spiro atoms. The van der Waals surface area contributed by atoms with Crippen LogP contribution >= 0.6 is 0 Å². The molecule has 1 heterocycles. The van der Waals surface area contributed by atoms with Crippen LogP contribution in [0.15, 0.2) is 66.9 Å². The lowest BCUT2D eigenvalue weighted by Crippen LogP contribution is -2.00. The maximum absolute atomic E-state index is 10.9. The van der Waals surface area contributed by atoms with E-state index in [0.717, 1.165) is 11.3 Å². The number of hydrogen-bond acceptors (Lipinski definition) is 4. The Morgan fingerprint density at radius 2 is 1.72 bits per heavy atom. The number of benzene rings is 2. The van der Waals surface area contributed by atoms with Crippen LogP contribution in [0.25, 0.3) is 0 Å². The van der Waals surface area contributed by atoms with Crippen LogP contribution in [0.3, 0.4) is 0 Å². The van der Waals surface area contributed by atoms with E-state index in [2.05, 4.69) is 4.98 Å². The molecule has 0 saturated heterocycles. The van der Waals surface area contributed by atoms with Crippen LogP contribution < -0.4 is 9.47 Å². The largest absolute Gasteiger partial charge is 0.489 e. The minimum Gasteiger partial charge on any atom is -0.489 e. The van der Waals surface area contributed by atoms with Gasteiger partial charge in [0.15, 0.2) is 0 Å². The van der Waals surface area contributed by atoms with E-state index in [-0.39, 0.29) is 5.56 Å². The lowest BCUT2D eigenvalue weighted by molar-refractivity contribution is 0.0696. The van der Waals surface area contributed by atoms with Crippen molar-refractivity contribution in [2.45, 2.75) is 13.5 Å². The van der Waals surface area contributed by atoms with Gasteiger partial charge in [-0.2, -0.15) is 0 Å². The highest BCUT2D eigenvalue weighted by Crippen LogP contribution is 2.25. The van der Waals surface area contributed by atoms with Crippen molar-refractivity contribution in [3.63, 3.8) is 0 Å². The second-order valence-electron chi connectivity index (χ2n) is 5.50. The molecule has 3 aromatic rings. The molecule has 126 valence electrons. The van der Waals surface area contributed by atoms with Crippen LogP contribution in [-0.4, -0.2) is 16.1 Å². The van der Waals surface area contributed by atoms with Gasteiger partial charge in [-0.05, 0) is 42.8 Å². The molecule has 0 atom stereocenters. The summed E-state index contributed by atoms with van der Waals surface area (Å²) in [5, 5.41) is 8.96. The third kappa shape index (κ3) is 4.35. The molecule has 1 aromatic heterocycles. The highest BCUT2D eigenvalue weighted by molar-refractivity contribution is 5.87. The van der Waals surface area contributed by atoms with Gasteiger partial charge in [-0.3, -0.25) is 0 Å². The fourth-order valence-electron chi connectivity index (χ4n) is 2.24. The molecule has 0 radical (unpaired) electrons. The van der Waals surface area contributed by atoms with Gasteiger partial charge in [0.1, 0.15) is 18.1 Å². The Labute approximate surface area is 145 Å². The van der Waals surface area contributed by atoms with Gasteiger partial charge in [0, 0.05) is 11.8 Å². The summed E-state index contributed by atoms with van der Waals surface area (Å²) in [7, 11) is 0. The standard InChI is InChI=1S/C20H17NO4/c1-14-11-16(20(22)23)12-21-19(14)25-18-9-7-17(8-10-18)24-13-15-5-3-2-4-6-15/h2-12H,13H2,1H3,(H,22,23). The number of aryl methyl sites for hydroxylation is 1. The van der Waals surface area contributed by atoms with Gasteiger partial charge in [0.2, 0.25) is 5.88 Å². The van der Waals surface area contributed by atoms with Crippen LogP contribution in [0.2, 0.25) is 0 Å². The molecule has 25 heavy (non-hydrogen) atoms. The van der Waals surface area contributed by atoms with Crippen molar-refractivity contribution in [2.75, 3.05) is 0 Å². The molecule has 0 aliphatic carbocycles. The van der Waals surface area contributed by atoms with Gasteiger partial charge in [0.05, 0.1) is 5.56 Å². The van der Waals surface area contributed by atoms with Gasteiger partial charge in [-0.15, -0.1) is 0 Å². The van der Waals surface area contributed by atoms with E-state index in [4.69, 9.17) is 14.6 Å². The number of rotatable bonds is 6. The number of hydrogen-bond donors (Lipinski definition) is 1. The monoisotopic (exact) mass is 335 g/mol. The third-order valence-electron chi connectivity index (χ3n) is 3.56. The van der Waals surface area contributed by atoms with Crippen molar-refractivity contribution in [3.8, 4) is 17.4 Å². The predicted molar refractivity (Wildman–Crippen MR) is 93.2 cm³/mol. The molecule has 3 rings (SSSR count). The zero-order valence-electron chi connectivity index (χ0n) is 13.7. The summed E-state index contributed by atoms with van der Waals surface area (Å²) < 4.78 is 11.4. The van der Waals surface area contributed by atoms with Crippen LogP contribution in [-0.2, 0) is 6.61 Å². The smallest absolute Gasteiger partial charge is 0.337 e. The maximum Gasteiger partial charge on any atom is 0.337 e. The van der Waals surface area contributed by atoms with Gasteiger partial charge in [-0.25, -0.2) is 9.78 Å². The first-order valence-corrected chi connectivity index (χ1v) is 7.76. The van der Waals surface area contributed by atoms with E-state index >= 15 is 0 Å². The Morgan fingerprint density at radius 1 is 1.04 bits per heavy atom.